The first-order valence-corrected chi connectivity index (χ1v) is 9.82. The fourth-order valence-corrected chi connectivity index (χ4v) is 5.02. The van der Waals surface area contributed by atoms with Crippen LogP contribution < -0.4 is 0 Å². The second-order valence-corrected chi connectivity index (χ2v) is 8.75. The Labute approximate surface area is 149 Å². The van der Waals surface area contributed by atoms with Crippen molar-refractivity contribution in [3.63, 3.8) is 0 Å². The summed E-state index contributed by atoms with van der Waals surface area (Å²) < 4.78 is 64.9. The average molecular weight is 392 g/mol. The summed E-state index contributed by atoms with van der Waals surface area (Å²) in [6.45, 7) is 0.0558. The van der Waals surface area contributed by atoms with Crippen LogP contribution >= 0.6 is 0 Å². The molecule has 1 aromatic carbocycles. The normalized spacial score (nSPS) is 19.7. The molecule has 1 aliphatic heterocycles. The monoisotopic (exact) mass is 392 g/mol. The van der Waals surface area contributed by atoms with Crippen LogP contribution in [0.5, 0.6) is 0 Å². The smallest absolute Gasteiger partial charge is 0.286 e. The molecule has 10 heteroatoms. The van der Waals surface area contributed by atoms with Gasteiger partial charge in [0.2, 0.25) is 16.4 Å². The quantitative estimate of drug-likeness (QED) is 0.457. The van der Waals surface area contributed by atoms with Gasteiger partial charge in [-0.2, -0.15) is 17.5 Å². The van der Waals surface area contributed by atoms with Crippen LogP contribution in [0.15, 0.2) is 18.2 Å². The number of benzene rings is 1. The van der Waals surface area contributed by atoms with Crippen molar-refractivity contribution in [2.75, 3.05) is 12.3 Å². The summed E-state index contributed by atoms with van der Waals surface area (Å²) in [4.78, 5) is 10.8. The van der Waals surface area contributed by atoms with Gasteiger partial charge in [-0.3, -0.25) is 10.0 Å². The van der Waals surface area contributed by atoms with Crippen LogP contribution in [0.25, 0.3) is 0 Å². The highest BCUT2D eigenvalue weighted by molar-refractivity contribution is 7.89. The van der Waals surface area contributed by atoms with Crippen LogP contribution in [0.3, 0.4) is 0 Å². The van der Waals surface area contributed by atoms with Crippen molar-refractivity contribution in [3.8, 4) is 0 Å². The first kappa shape index (κ1) is 19.1. The fourth-order valence-electron chi connectivity index (χ4n) is 3.25. The van der Waals surface area contributed by atoms with Crippen LogP contribution in [-0.4, -0.2) is 47.7 Å². The van der Waals surface area contributed by atoms with E-state index in [0.29, 0.717) is 16.2 Å². The lowest BCUT2D eigenvalue weighted by Crippen LogP contribution is -2.45. The maximum atomic E-state index is 12.8. The predicted octanol–water partition coefficient (Wildman–Crippen LogP) is 2.02. The molecule has 0 aromatic heterocycles. The van der Waals surface area contributed by atoms with Gasteiger partial charge in [-0.15, -0.1) is 0 Å². The van der Waals surface area contributed by atoms with Crippen LogP contribution in [0.1, 0.15) is 29.5 Å². The summed E-state index contributed by atoms with van der Waals surface area (Å²) in [5.41, 5.74) is 0.275. The number of hydrogen-bond donors (Lipinski definition) is 1. The van der Waals surface area contributed by atoms with Gasteiger partial charge in [0.1, 0.15) is 0 Å². The second kappa shape index (κ2) is 6.82. The Kier molecular flexibility index (Phi) is 5.02. The van der Waals surface area contributed by atoms with Gasteiger partial charge in [0.05, 0.1) is 17.4 Å². The summed E-state index contributed by atoms with van der Waals surface area (Å²) in [5, 5.41) is 10.0. The molecule has 1 unspecified atom stereocenters. The molecule has 1 heterocycles. The van der Waals surface area contributed by atoms with Crippen LogP contribution in [-0.2, 0) is 34.0 Å². The van der Waals surface area contributed by atoms with Crippen LogP contribution in [0, 0.1) is 5.92 Å². The van der Waals surface area contributed by atoms with Gasteiger partial charge in [0, 0.05) is 13.1 Å². The number of rotatable bonds is 6. The molecule has 0 bridgehead atoms. The lowest BCUT2D eigenvalue weighted by Gasteiger charge is -2.31. The van der Waals surface area contributed by atoms with Gasteiger partial charge < -0.3 is 0 Å². The minimum absolute atomic E-state index is 0.0142. The van der Waals surface area contributed by atoms with Gasteiger partial charge >= 0.3 is 6.18 Å². The molecular formula is C16H19F3N2O4S. The summed E-state index contributed by atoms with van der Waals surface area (Å²) in [7, 11) is -3.77. The average Bonchev–Trinajstić information content (AvgIpc) is 3.42. The maximum Gasteiger partial charge on any atom is 0.416 e. The number of sulfonamides is 1. The lowest BCUT2D eigenvalue weighted by atomic mass is 9.98. The molecule has 0 spiro atoms. The molecule has 3 rings (SSSR count). The zero-order chi connectivity index (χ0) is 19.1. The number of carbonyl (C=O) groups excluding carboxylic acids is 1. The maximum absolute atomic E-state index is 12.8. The van der Waals surface area contributed by atoms with Crippen molar-refractivity contribution < 1.29 is 31.6 Å². The number of nitrogens with zero attached hydrogens (tertiary/aromatic N) is 2. The number of carbonyl (C=O) groups is 1. The Hall–Kier alpha value is -1.65. The van der Waals surface area contributed by atoms with E-state index in [1.54, 1.807) is 0 Å². The van der Waals surface area contributed by atoms with Crippen molar-refractivity contribution in [1.82, 2.24) is 9.37 Å². The highest BCUT2D eigenvalue weighted by Crippen LogP contribution is 2.36. The van der Waals surface area contributed by atoms with Crippen LogP contribution in [0.2, 0.25) is 0 Å². The van der Waals surface area contributed by atoms with E-state index in [1.807, 2.05) is 0 Å². The van der Waals surface area contributed by atoms with Crippen molar-refractivity contribution in [1.29, 1.82) is 0 Å². The highest BCUT2D eigenvalue weighted by Gasteiger charge is 2.40. The van der Waals surface area contributed by atoms with Crippen molar-refractivity contribution in [3.05, 3.63) is 34.9 Å². The highest BCUT2D eigenvalue weighted by atomic mass is 32.2. The molecule has 1 aromatic rings. The van der Waals surface area contributed by atoms with Gasteiger partial charge in [-0.25, -0.2) is 13.5 Å². The molecule has 6 nitrogen and oxygen atoms in total. The van der Waals surface area contributed by atoms with E-state index < -0.39 is 33.6 Å². The first-order valence-electron chi connectivity index (χ1n) is 8.21. The molecule has 0 radical (unpaired) electrons. The lowest BCUT2D eigenvalue weighted by molar-refractivity contribution is -0.160. The van der Waals surface area contributed by atoms with E-state index in [9.17, 15) is 31.6 Å². The largest absolute Gasteiger partial charge is 0.416 e. The number of hydrogen-bond acceptors (Lipinski definition) is 4. The molecule has 2 aliphatic rings. The molecule has 1 fully saturated rings. The Morgan fingerprint density at radius 1 is 1.31 bits per heavy atom. The van der Waals surface area contributed by atoms with E-state index in [-0.39, 0.29) is 31.8 Å². The molecule has 0 saturated heterocycles. The van der Waals surface area contributed by atoms with Crippen molar-refractivity contribution in [2.45, 2.75) is 38.0 Å². The van der Waals surface area contributed by atoms with E-state index in [1.165, 1.54) is 10.4 Å². The second-order valence-electron chi connectivity index (χ2n) is 6.73. The molecule has 1 saturated carbocycles. The molecule has 1 atom stereocenters. The third kappa shape index (κ3) is 4.02. The molecule has 26 heavy (non-hydrogen) atoms. The van der Waals surface area contributed by atoms with E-state index in [2.05, 4.69) is 0 Å². The number of amides is 1. The van der Waals surface area contributed by atoms with Gasteiger partial charge in [-0.1, -0.05) is 6.07 Å². The zero-order valence-electron chi connectivity index (χ0n) is 13.8. The number of hydroxylamine groups is 2. The fraction of sp³-hybridized carbons (Fsp3) is 0.562. The minimum Gasteiger partial charge on any atom is -0.286 e. The Balaban J connectivity index is 1.76. The van der Waals surface area contributed by atoms with Gasteiger partial charge in [-0.05, 0) is 48.4 Å². The van der Waals surface area contributed by atoms with Crippen molar-refractivity contribution in [2.24, 2.45) is 5.92 Å². The van der Waals surface area contributed by atoms with E-state index in [0.717, 1.165) is 25.0 Å². The zero-order valence-corrected chi connectivity index (χ0v) is 14.6. The third-order valence-electron chi connectivity index (χ3n) is 4.90. The topological polar surface area (TPSA) is 77.9 Å². The summed E-state index contributed by atoms with van der Waals surface area (Å²) in [6.07, 6.45) is -2.57. The number of halogens is 3. The third-order valence-corrected chi connectivity index (χ3v) is 6.76. The molecule has 144 valence electrons. The van der Waals surface area contributed by atoms with E-state index in [4.69, 9.17) is 0 Å². The summed E-state index contributed by atoms with van der Waals surface area (Å²) >= 11 is 0. The van der Waals surface area contributed by atoms with Crippen molar-refractivity contribution >= 4 is 16.4 Å². The Bertz CT molecular complexity index is 793. The number of fused-ring (bicyclic) bond motifs is 1. The Morgan fingerprint density at radius 2 is 2.00 bits per heavy atom. The van der Waals surface area contributed by atoms with Crippen LogP contribution in [0.4, 0.5) is 13.2 Å². The van der Waals surface area contributed by atoms with Gasteiger partial charge in [0.25, 0.3) is 0 Å². The number of alkyl halides is 3. The minimum atomic E-state index is -4.44. The molecule has 1 amide bonds. The molecule has 1 aliphatic carbocycles. The Morgan fingerprint density at radius 3 is 2.58 bits per heavy atom. The molecule has 1 N–H and O–H groups in total. The first-order chi connectivity index (χ1) is 12.1. The predicted molar refractivity (Wildman–Crippen MR) is 85.5 cm³/mol. The summed E-state index contributed by atoms with van der Waals surface area (Å²) in [6, 6.07) is 2.52. The molecular weight excluding hydrogens is 373 g/mol. The standard InChI is InChI=1S/C16H19F3N2O4S/c17-16(18,19)14-4-3-13-8-20(6-5-12(13)7-14)26(24,25)9-15(11-1-2-11)21(23)10-22/h3-4,7,10-11,15,23H,1-2,5-6,8-9H2. The summed E-state index contributed by atoms with van der Waals surface area (Å²) in [5.74, 6) is -0.450. The van der Waals surface area contributed by atoms with E-state index >= 15 is 0 Å². The SMILES string of the molecule is O=CN(O)C(CS(=O)(=O)N1CCc2cc(C(F)(F)F)ccc2C1)C1CC1. The van der Waals surface area contributed by atoms with Gasteiger partial charge in [0.15, 0.2) is 0 Å².